The van der Waals surface area contributed by atoms with Crippen LogP contribution in [0.5, 0.6) is 0 Å². The van der Waals surface area contributed by atoms with E-state index in [2.05, 4.69) is 9.97 Å². The first-order chi connectivity index (χ1) is 10.7. The first kappa shape index (κ1) is 14.7. The van der Waals surface area contributed by atoms with Crippen LogP contribution < -0.4 is 5.73 Å². The molecule has 0 spiro atoms. The number of nitrogens with zero attached hydrogens (tertiary/aromatic N) is 2. The third kappa shape index (κ3) is 3.35. The molecule has 0 fully saturated rings. The van der Waals surface area contributed by atoms with E-state index in [9.17, 15) is 4.79 Å². The Morgan fingerprint density at radius 2 is 2.00 bits per heavy atom. The number of hydrogen-bond acceptors (Lipinski definition) is 5. The third-order valence-corrected chi connectivity index (χ3v) is 4.91. The van der Waals surface area contributed by atoms with Crippen molar-refractivity contribution in [3.05, 3.63) is 65.2 Å². The lowest BCUT2D eigenvalue weighted by molar-refractivity contribution is 0.0996. The lowest BCUT2D eigenvalue weighted by Gasteiger charge is -2.07. The Kier molecular flexibility index (Phi) is 4.50. The van der Waals surface area contributed by atoms with E-state index in [0.717, 1.165) is 10.6 Å². The third-order valence-electron chi connectivity index (χ3n) is 2.98. The van der Waals surface area contributed by atoms with Crippen LogP contribution in [0.2, 0.25) is 0 Å². The summed E-state index contributed by atoms with van der Waals surface area (Å²) in [7, 11) is 0. The van der Waals surface area contributed by atoms with Crippen LogP contribution in [-0.2, 0) is 5.75 Å². The number of carbonyl (C=O) groups excluding carboxylic acids is 1. The predicted octanol–water partition coefficient (Wildman–Crippen LogP) is 3.60. The predicted molar refractivity (Wildman–Crippen MR) is 89.9 cm³/mol. The van der Waals surface area contributed by atoms with E-state index < -0.39 is 5.91 Å². The van der Waals surface area contributed by atoms with Crippen LogP contribution in [0, 0.1) is 0 Å². The number of amides is 1. The monoisotopic (exact) mass is 327 g/mol. The molecule has 6 heteroatoms. The van der Waals surface area contributed by atoms with Gasteiger partial charge in [0.2, 0.25) is 0 Å². The minimum absolute atomic E-state index is 0.362. The summed E-state index contributed by atoms with van der Waals surface area (Å²) in [6, 6.07) is 13.9. The maximum absolute atomic E-state index is 11.6. The molecule has 4 nitrogen and oxygen atoms in total. The molecule has 0 unspecified atom stereocenters. The normalized spacial score (nSPS) is 10.5. The highest BCUT2D eigenvalue weighted by Crippen LogP contribution is 2.28. The molecule has 0 aliphatic carbocycles. The van der Waals surface area contributed by atoms with Gasteiger partial charge < -0.3 is 5.73 Å². The second-order valence-corrected chi connectivity index (χ2v) is 6.44. The Hall–Kier alpha value is -2.18. The van der Waals surface area contributed by atoms with Crippen LogP contribution in [0.3, 0.4) is 0 Å². The van der Waals surface area contributed by atoms with E-state index in [4.69, 9.17) is 5.73 Å². The van der Waals surface area contributed by atoms with Crippen molar-refractivity contribution in [3.63, 3.8) is 0 Å². The summed E-state index contributed by atoms with van der Waals surface area (Å²) < 4.78 is 0. The largest absolute Gasteiger partial charge is 0.365 e. The van der Waals surface area contributed by atoms with Gasteiger partial charge in [-0.15, -0.1) is 23.1 Å². The van der Waals surface area contributed by atoms with Crippen LogP contribution >= 0.6 is 23.1 Å². The summed E-state index contributed by atoms with van der Waals surface area (Å²) in [6.07, 6.45) is 1.51. The molecular formula is C16H13N3OS2. The molecule has 0 aliphatic heterocycles. The Labute approximate surface area is 136 Å². The number of rotatable bonds is 5. The summed E-state index contributed by atoms with van der Waals surface area (Å²) in [5.41, 5.74) is 6.95. The van der Waals surface area contributed by atoms with E-state index in [1.54, 1.807) is 11.3 Å². The fourth-order valence-electron chi connectivity index (χ4n) is 1.90. The van der Waals surface area contributed by atoms with Crippen molar-refractivity contribution in [1.82, 2.24) is 9.97 Å². The van der Waals surface area contributed by atoms with Crippen LogP contribution in [0.4, 0.5) is 0 Å². The summed E-state index contributed by atoms with van der Waals surface area (Å²) >= 11 is 3.06. The van der Waals surface area contributed by atoms with E-state index in [1.165, 1.54) is 23.5 Å². The SMILES string of the molecule is NC(=O)c1cnc(-c2cccs2)nc1SCc1ccccc1. The Morgan fingerprint density at radius 3 is 2.68 bits per heavy atom. The minimum atomic E-state index is -0.506. The molecule has 22 heavy (non-hydrogen) atoms. The van der Waals surface area contributed by atoms with E-state index in [0.29, 0.717) is 16.4 Å². The van der Waals surface area contributed by atoms with Gasteiger partial charge in [0, 0.05) is 11.9 Å². The topological polar surface area (TPSA) is 68.9 Å². The van der Waals surface area contributed by atoms with Gasteiger partial charge in [0.05, 0.1) is 10.4 Å². The fourth-order valence-corrected chi connectivity index (χ4v) is 3.52. The maximum Gasteiger partial charge on any atom is 0.253 e. The summed E-state index contributed by atoms with van der Waals surface area (Å²) in [4.78, 5) is 21.3. The second-order valence-electron chi connectivity index (χ2n) is 4.53. The molecule has 1 aromatic carbocycles. The molecule has 0 saturated heterocycles. The van der Waals surface area contributed by atoms with Gasteiger partial charge in [-0.05, 0) is 17.0 Å². The van der Waals surface area contributed by atoms with Crippen LogP contribution in [0.15, 0.2) is 59.1 Å². The van der Waals surface area contributed by atoms with Crippen LogP contribution in [-0.4, -0.2) is 15.9 Å². The Morgan fingerprint density at radius 1 is 1.18 bits per heavy atom. The van der Waals surface area contributed by atoms with Gasteiger partial charge in [-0.3, -0.25) is 4.79 Å². The van der Waals surface area contributed by atoms with Crippen molar-refractivity contribution in [1.29, 1.82) is 0 Å². The van der Waals surface area contributed by atoms with Crippen molar-refractivity contribution in [2.45, 2.75) is 10.8 Å². The van der Waals surface area contributed by atoms with E-state index >= 15 is 0 Å². The lowest BCUT2D eigenvalue weighted by atomic mass is 10.2. The number of primary amides is 1. The summed E-state index contributed by atoms with van der Waals surface area (Å²) in [5, 5.41) is 2.59. The molecule has 2 N–H and O–H groups in total. The second kappa shape index (κ2) is 6.72. The zero-order chi connectivity index (χ0) is 15.4. The lowest BCUT2D eigenvalue weighted by Crippen LogP contribution is -2.14. The number of hydrogen-bond donors (Lipinski definition) is 1. The number of thiophene rings is 1. The molecule has 2 aromatic heterocycles. The first-order valence-corrected chi connectivity index (χ1v) is 8.48. The van der Waals surface area contributed by atoms with Gasteiger partial charge in [0.25, 0.3) is 5.91 Å². The smallest absolute Gasteiger partial charge is 0.253 e. The average molecular weight is 327 g/mol. The van der Waals surface area contributed by atoms with Crippen LogP contribution in [0.1, 0.15) is 15.9 Å². The highest BCUT2D eigenvalue weighted by molar-refractivity contribution is 7.98. The fraction of sp³-hybridized carbons (Fsp3) is 0.0625. The van der Waals surface area contributed by atoms with Gasteiger partial charge in [-0.25, -0.2) is 9.97 Å². The molecule has 0 saturated carbocycles. The number of aromatic nitrogens is 2. The highest BCUT2D eigenvalue weighted by atomic mass is 32.2. The van der Waals surface area contributed by atoms with Gasteiger partial charge in [-0.2, -0.15) is 0 Å². The summed E-state index contributed by atoms with van der Waals surface area (Å²) in [5.74, 6) is 0.839. The standard InChI is InChI=1S/C16H13N3OS2/c17-14(20)12-9-18-15(13-7-4-8-21-13)19-16(12)22-10-11-5-2-1-3-6-11/h1-9H,10H2,(H2,17,20). The first-order valence-electron chi connectivity index (χ1n) is 6.61. The molecule has 110 valence electrons. The van der Waals surface area contributed by atoms with Gasteiger partial charge in [0.15, 0.2) is 5.82 Å². The molecule has 0 atom stereocenters. The van der Waals surface area contributed by atoms with Crippen molar-refractivity contribution in [3.8, 4) is 10.7 Å². The number of benzene rings is 1. The molecular weight excluding hydrogens is 314 g/mol. The van der Waals surface area contributed by atoms with E-state index in [1.807, 2.05) is 47.8 Å². The van der Waals surface area contributed by atoms with Crippen molar-refractivity contribution in [2.75, 3.05) is 0 Å². The van der Waals surface area contributed by atoms with E-state index in [-0.39, 0.29) is 0 Å². The quantitative estimate of drug-likeness (QED) is 0.574. The molecule has 0 bridgehead atoms. The minimum Gasteiger partial charge on any atom is -0.365 e. The average Bonchev–Trinajstić information content (AvgIpc) is 3.08. The number of carbonyl (C=O) groups is 1. The Balaban J connectivity index is 1.89. The summed E-state index contributed by atoms with van der Waals surface area (Å²) in [6.45, 7) is 0. The number of nitrogens with two attached hydrogens (primary N) is 1. The van der Waals surface area contributed by atoms with Crippen molar-refractivity contribution >= 4 is 29.0 Å². The molecule has 3 rings (SSSR count). The Bertz CT molecular complexity index is 773. The molecule has 1 amide bonds. The number of thioether (sulfide) groups is 1. The van der Waals surface area contributed by atoms with Gasteiger partial charge in [0.1, 0.15) is 5.03 Å². The van der Waals surface area contributed by atoms with Crippen molar-refractivity contribution in [2.24, 2.45) is 5.73 Å². The molecule has 0 aliphatic rings. The zero-order valence-corrected chi connectivity index (χ0v) is 13.2. The highest BCUT2D eigenvalue weighted by Gasteiger charge is 2.14. The van der Waals surface area contributed by atoms with Crippen LogP contribution in [0.25, 0.3) is 10.7 Å². The van der Waals surface area contributed by atoms with Gasteiger partial charge >= 0.3 is 0 Å². The molecule has 2 heterocycles. The molecule has 3 aromatic rings. The zero-order valence-electron chi connectivity index (χ0n) is 11.6. The van der Waals surface area contributed by atoms with Gasteiger partial charge in [-0.1, -0.05) is 36.4 Å². The maximum atomic E-state index is 11.6. The van der Waals surface area contributed by atoms with Crippen molar-refractivity contribution < 1.29 is 4.79 Å². The molecule has 0 radical (unpaired) electrons.